The number of imidazole rings is 1. The molecule has 0 unspecified atom stereocenters. The van der Waals surface area contributed by atoms with Crippen LogP contribution >= 0.6 is 0 Å². The Bertz CT molecular complexity index is 469. The van der Waals surface area contributed by atoms with E-state index in [-0.39, 0.29) is 0 Å². The van der Waals surface area contributed by atoms with Crippen molar-refractivity contribution in [2.45, 2.75) is 0 Å². The summed E-state index contributed by atoms with van der Waals surface area (Å²) in [5.41, 5.74) is 0.704. The number of hydrogen-bond acceptors (Lipinski definition) is 5. The number of nitrogens with zero attached hydrogens (tertiary/aromatic N) is 3. The summed E-state index contributed by atoms with van der Waals surface area (Å²) in [7, 11) is 3.44. The molecule has 0 radical (unpaired) electrons. The normalized spacial score (nSPS) is 10.6. The van der Waals surface area contributed by atoms with E-state index in [1.54, 1.807) is 13.3 Å². The average Bonchev–Trinajstić information content (AvgIpc) is 2.77. The fraction of sp³-hybridized carbons (Fsp3) is 0.400. The third-order valence-electron chi connectivity index (χ3n) is 2.13. The molecule has 0 aliphatic carbocycles. The highest BCUT2D eigenvalue weighted by molar-refractivity contribution is 5.53. The maximum absolute atomic E-state index is 5.50. The standard InChI is InChI=1S/C10H14N4O2/c1-11-8-7-14-4-3-12-9(14)10(13-8)16-6-5-15-2/h3-4,7,11H,5-6H2,1-2H3. The van der Waals surface area contributed by atoms with Crippen molar-refractivity contribution < 1.29 is 9.47 Å². The summed E-state index contributed by atoms with van der Waals surface area (Å²) in [6.07, 6.45) is 5.41. The van der Waals surface area contributed by atoms with Crippen molar-refractivity contribution >= 4 is 11.5 Å². The highest BCUT2D eigenvalue weighted by Crippen LogP contribution is 2.18. The zero-order chi connectivity index (χ0) is 11.4. The molecule has 0 aliphatic heterocycles. The Labute approximate surface area is 93.2 Å². The van der Waals surface area contributed by atoms with Gasteiger partial charge in [-0.2, -0.15) is 4.98 Å². The van der Waals surface area contributed by atoms with E-state index in [1.807, 2.05) is 23.8 Å². The first-order chi connectivity index (χ1) is 7.85. The van der Waals surface area contributed by atoms with Crippen molar-refractivity contribution in [1.82, 2.24) is 14.4 Å². The molecule has 0 aromatic carbocycles. The number of anilines is 1. The number of ether oxygens (including phenoxy) is 2. The summed E-state index contributed by atoms with van der Waals surface area (Å²) in [5.74, 6) is 1.24. The van der Waals surface area contributed by atoms with E-state index in [0.717, 1.165) is 5.82 Å². The topological polar surface area (TPSA) is 60.7 Å². The van der Waals surface area contributed by atoms with Crippen LogP contribution in [0, 0.1) is 0 Å². The van der Waals surface area contributed by atoms with Crippen LogP contribution in [-0.2, 0) is 4.74 Å². The largest absolute Gasteiger partial charge is 0.473 e. The molecule has 16 heavy (non-hydrogen) atoms. The molecule has 0 bridgehead atoms. The molecule has 0 amide bonds. The molecule has 2 heterocycles. The Hall–Kier alpha value is -1.82. The first kappa shape index (κ1) is 10.7. The second kappa shape index (κ2) is 4.80. The highest BCUT2D eigenvalue weighted by atomic mass is 16.5. The maximum atomic E-state index is 5.50. The van der Waals surface area contributed by atoms with Gasteiger partial charge in [-0.1, -0.05) is 0 Å². The van der Waals surface area contributed by atoms with Gasteiger partial charge < -0.3 is 14.8 Å². The van der Waals surface area contributed by atoms with E-state index in [9.17, 15) is 0 Å². The smallest absolute Gasteiger partial charge is 0.260 e. The minimum atomic E-state index is 0.458. The van der Waals surface area contributed by atoms with E-state index >= 15 is 0 Å². The molecule has 0 atom stereocenters. The van der Waals surface area contributed by atoms with Crippen LogP contribution in [0.3, 0.4) is 0 Å². The highest BCUT2D eigenvalue weighted by Gasteiger charge is 2.07. The number of methoxy groups -OCH3 is 1. The number of aromatic nitrogens is 3. The van der Waals surface area contributed by atoms with Gasteiger partial charge in [-0.25, -0.2) is 4.98 Å². The van der Waals surface area contributed by atoms with Crippen LogP contribution in [0.1, 0.15) is 0 Å². The summed E-state index contributed by atoms with van der Waals surface area (Å²) in [6, 6.07) is 0. The monoisotopic (exact) mass is 222 g/mol. The van der Waals surface area contributed by atoms with Crippen molar-refractivity contribution in [3.63, 3.8) is 0 Å². The number of fused-ring (bicyclic) bond motifs is 1. The Morgan fingerprint density at radius 2 is 2.31 bits per heavy atom. The van der Waals surface area contributed by atoms with Gasteiger partial charge in [0.2, 0.25) is 5.65 Å². The molecule has 2 aromatic heterocycles. The van der Waals surface area contributed by atoms with Gasteiger partial charge >= 0.3 is 0 Å². The molecular formula is C10H14N4O2. The lowest BCUT2D eigenvalue weighted by Crippen LogP contribution is -2.08. The predicted octanol–water partition coefficient (Wildman–Crippen LogP) is 0.796. The Morgan fingerprint density at radius 3 is 3.06 bits per heavy atom. The van der Waals surface area contributed by atoms with Crippen molar-refractivity contribution in [1.29, 1.82) is 0 Å². The van der Waals surface area contributed by atoms with Crippen LogP contribution in [-0.4, -0.2) is 41.7 Å². The molecule has 0 aliphatic rings. The Kier molecular flexibility index (Phi) is 3.21. The molecular weight excluding hydrogens is 208 g/mol. The van der Waals surface area contributed by atoms with Crippen molar-refractivity contribution in [2.24, 2.45) is 0 Å². The molecule has 2 rings (SSSR count). The lowest BCUT2D eigenvalue weighted by molar-refractivity contribution is 0.144. The van der Waals surface area contributed by atoms with Crippen LogP contribution < -0.4 is 10.1 Å². The Morgan fingerprint density at radius 1 is 1.44 bits per heavy atom. The molecule has 2 aromatic rings. The molecule has 6 nitrogen and oxygen atoms in total. The molecule has 1 N–H and O–H groups in total. The summed E-state index contributed by atoms with van der Waals surface area (Å²) in [4.78, 5) is 8.47. The summed E-state index contributed by atoms with van der Waals surface area (Å²) < 4.78 is 12.3. The summed E-state index contributed by atoms with van der Waals surface area (Å²) in [5, 5.41) is 2.97. The van der Waals surface area contributed by atoms with Gasteiger partial charge in [0, 0.05) is 26.6 Å². The van der Waals surface area contributed by atoms with Crippen molar-refractivity contribution in [2.75, 3.05) is 32.7 Å². The minimum absolute atomic E-state index is 0.458. The third kappa shape index (κ3) is 2.06. The number of nitrogens with one attached hydrogen (secondary N) is 1. The van der Waals surface area contributed by atoms with Crippen LogP contribution in [0.15, 0.2) is 18.6 Å². The third-order valence-corrected chi connectivity index (χ3v) is 2.13. The lowest BCUT2D eigenvalue weighted by atomic mass is 10.6. The number of hydrogen-bond donors (Lipinski definition) is 1. The molecule has 0 saturated carbocycles. The first-order valence-electron chi connectivity index (χ1n) is 4.98. The average molecular weight is 222 g/mol. The minimum Gasteiger partial charge on any atom is -0.473 e. The van der Waals surface area contributed by atoms with Gasteiger partial charge in [0.25, 0.3) is 5.88 Å². The SMILES string of the molecule is CNc1cn2ccnc2c(OCCOC)n1. The number of rotatable bonds is 5. The second-order valence-electron chi connectivity index (χ2n) is 3.18. The second-order valence-corrected chi connectivity index (χ2v) is 3.18. The molecule has 0 saturated heterocycles. The first-order valence-corrected chi connectivity index (χ1v) is 4.98. The van der Waals surface area contributed by atoms with E-state index in [0.29, 0.717) is 24.7 Å². The van der Waals surface area contributed by atoms with Crippen LogP contribution in [0.2, 0.25) is 0 Å². The molecule has 86 valence electrons. The summed E-state index contributed by atoms with van der Waals surface area (Å²) >= 11 is 0. The van der Waals surface area contributed by atoms with Crippen LogP contribution in [0.5, 0.6) is 5.88 Å². The van der Waals surface area contributed by atoms with Gasteiger partial charge in [-0.3, -0.25) is 4.40 Å². The van der Waals surface area contributed by atoms with Crippen molar-refractivity contribution in [3.05, 3.63) is 18.6 Å². The lowest BCUT2D eigenvalue weighted by Gasteiger charge is -2.08. The van der Waals surface area contributed by atoms with Gasteiger partial charge in [0.1, 0.15) is 12.4 Å². The van der Waals surface area contributed by atoms with E-state index in [4.69, 9.17) is 9.47 Å². The van der Waals surface area contributed by atoms with Crippen LogP contribution in [0.4, 0.5) is 5.82 Å². The predicted molar refractivity (Wildman–Crippen MR) is 59.9 cm³/mol. The van der Waals surface area contributed by atoms with Gasteiger partial charge in [-0.05, 0) is 0 Å². The van der Waals surface area contributed by atoms with Gasteiger partial charge in [-0.15, -0.1) is 0 Å². The van der Waals surface area contributed by atoms with Gasteiger partial charge in [0.05, 0.1) is 12.8 Å². The zero-order valence-corrected chi connectivity index (χ0v) is 9.30. The molecule has 0 fully saturated rings. The Balaban J connectivity index is 2.29. The quantitative estimate of drug-likeness (QED) is 0.758. The maximum Gasteiger partial charge on any atom is 0.260 e. The van der Waals surface area contributed by atoms with Crippen LogP contribution in [0.25, 0.3) is 5.65 Å². The van der Waals surface area contributed by atoms with E-state index in [1.165, 1.54) is 0 Å². The van der Waals surface area contributed by atoms with E-state index < -0.39 is 0 Å². The molecule has 0 spiro atoms. The zero-order valence-electron chi connectivity index (χ0n) is 9.30. The van der Waals surface area contributed by atoms with E-state index in [2.05, 4.69) is 15.3 Å². The molecule has 6 heteroatoms. The van der Waals surface area contributed by atoms with Crippen molar-refractivity contribution in [3.8, 4) is 5.88 Å². The van der Waals surface area contributed by atoms with Gasteiger partial charge in [0.15, 0.2) is 0 Å². The summed E-state index contributed by atoms with van der Waals surface area (Å²) in [6.45, 7) is 0.984. The fourth-order valence-corrected chi connectivity index (χ4v) is 1.34. The fourth-order valence-electron chi connectivity index (χ4n) is 1.34.